The van der Waals surface area contributed by atoms with Crippen molar-refractivity contribution in [3.63, 3.8) is 0 Å². The Bertz CT molecular complexity index is 673. The molecule has 0 aliphatic carbocycles. The minimum Gasteiger partial charge on any atom is -0.462 e. The van der Waals surface area contributed by atoms with Gasteiger partial charge in [-0.1, -0.05) is 11.6 Å². The van der Waals surface area contributed by atoms with Crippen LogP contribution in [0.2, 0.25) is 5.15 Å². The molecule has 104 valence electrons. The molecule has 0 aromatic carbocycles. The lowest BCUT2D eigenvalue weighted by Gasteiger charge is -2.09. The summed E-state index contributed by atoms with van der Waals surface area (Å²) in [6, 6.07) is 3.40. The van der Waals surface area contributed by atoms with Crippen molar-refractivity contribution in [3.05, 3.63) is 29.0 Å². The van der Waals surface area contributed by atoms with E-state index >= 15 is 0 Å². The average molecular weight is 293 g/mol. The molecule has 20 heavy (non-hydrogen) atoms. The summed E-state index contributed by atoms with van der Waals surface area (Å²) in [6.45, 7) is 2.03. The molecule has 2 aromatic heterocycles. The largest absolute Gasteiger partial charge is 0.462 e. The molecule has 2 aromatic rings. The molecular formula is C13H13ClN4O2. The maximum absolute atomic E-state index is 12.0. The van der Waals surface area contributed by atoms with E-state index in [1.807, 2.05) is 0 Å². The lowest BCUT2D eigenvalue weighted by atomic mass is 10.2. The molecule has 0 bridgehead atoms. The molecule has 1 N–H and O–H groups in total. The van der Waals surface area contributed by atoms with Gasteiger partial charge in [0.2, 0.25) is 0 Å². The van der Waals surface area contributed by atoms with Gasteiger partial charge in [-0.2, -0.15) is 0 Å². The minimum atomic E-state index is -0.457. The monoisotopic (exact) mass is 292 g/mol. The van der Waals surface area contributed by atoms with Crippen LogP contribution in [0.1, 0.15) is 17.3 Å². The summed E-state index contributed by atoms with van der Waals surface area (Å²) >= 11 is 6.00. The molecule has 2 rings (SSSR count). The van der Waals surface area contributed by atoms with Crippen LogP contribution >= 0.6 is 11.6 Å². The van der Waals surface area contributed by atoms with Crippen molar-refractivity contribution in [2.75, 3.05) is 19.0 Å². The standard InChI is InChI=1S/C13H13ClN4O2/c1-3-20-13(19)9-6-8-4-5-16-11(14)10(8)18-12(9)17-7-15-2/h4-7H,3H2,1-2H3,(H,15,17,18). The molecule has 2 heterocycles. The van der Waals surface area contributed by atoms with Crippen LogP contribution < -0.4 is 5.32 Å². The van der Waals surface area contributed by atoms with Gasteiger partial charge >= 0.3 is 5.97 Å². The van der Waals surface area contributed by atoms with Crippen molar-refractivity contribution in [2.24, 2.45) is 4.99 Å². The maximum atomic E-state index is 12.0. The third-order valence-electron chi connectivity index (χ3n) is 2.52. The number of aliphatic imine (C=N–C) groups is 1. The molecule has 6 nitrogen and oxygen atoms in total. The van der Waals surface area contributed by atoms with Crippen LogP contribution in [0.4, 0.5) is 5.82 Å². The topological polar surface area (TPSA) is 76.5 Å². The summed E-state index contributed by atoms with van der Waals surface area (Å²) in [5, 5.41) is 3.82. The molecule has 0 spiro atoms. The number of rotatable bonds is 4. The number of pyridine rings is 2. The van der Waals surface area contributed by atoms with Crippen LogP contribution in [-0.2, 0) is 4.74 Å². The molecule has 0 saturated carbocycles. The van der Waals surface area contributed by atoms with Gasteiger partial charge in [-0.15, -0.1) is 0 Å². The lowest BCUT2D eigenvalue weighted by Crippen LogP contribution is -2.11. The van der Waals surface area contributed by atoms with E-state index in [0.29, 0.717) is 22.3 Å². The summed E-state index contributed by atoms with van der Waals surface area (Å²) in [4.78, 5) is 24.0. The van der Waals surface area contributed by atoms with Gasteiger partial charge in [0.15, 0.2) is 5.15 Å². The Hall–Kier alpha value is -2.21. The maximum Gasteiger partial charge on any atom is 0.341 e. The SMILES string of the molecule is CCOC(=O)c1cc2ccnc(Cl)c2nc1NC=NC. The van der Waals surface area contributed by atoms with E-state index in [1.165, 1.54) is 6.34 Å². The highest BCUT2D eigenvalue weighted by Crippen LogP contribution is 2.24. The van der Waals surface area contributed by atoms with Gasteiger partial charge < -0.3 is 10.1 Å². The van der Waals surface area contributed by atoms with Gasteiger partial charge in [-0.25, -0.2) is 14.8 Å². The highest BCUT2D eigenvalue weighted by Gasteiger charge is 2.16. The van der Waals surface area contributed by atoms with Crippen LogP contribution in [0.15, 0.2) is 23.3 Å². The van der Waals surface area contributed by atoms with Crippen LogP contribution in [0.5, 0.6) is 0 Å². The van der Waals surface area contributed by atoms with E-state index in [1.54, 1.807) is 32.3 Å². The number of fused-ring (bicyclic) bond motifs is 1. The van der Waals surface area contributed by atoms with E-state index < -0.39 is 5.97 Å². The average Bonchev–Trinajstić information content (AvgIpc) is 2.45. The number of halogens is 1. The van der Waals surface area contributed by atoms with E-state index in [2.05, 4.69) is 20.3 Å². The Balaban J connectivity index is 2.60. The molecular weight excluding hydrogens is 280 g/mol. The zero-order valence-electron chi connectivity index (χ0n) is 11.1. The number of ether oxygens (including phenoxy) is 1. The summed E-state index contributed by atoms with van der Waals surface area (Å²) in [7, 11) is 1.60. The molecule has 0 amide bonds. The molecule has 0 aliphatic rings. The number of carbonyl (C=O) groups is 1. The fraction of sp³-hybridized carbons (Fsp3) is 0.231. The van der Waals surface area contributed by atoms with E-state index in [9.17, 15) is 4.79 Å². The zero-order valence-corrected chi connectivity index (χ0v) is 11.8. The normalized spacial score (nSPS) is 10.9. The second kappa shape index (κ2) is 6.29. The summed E-state index contributed by atoms with van der Waals surface area (Å²) in [5.74, 6) is -0.127. The fourth-order valence-corrected chi connectivity index (χ4v) is 1.87. The molecule has 0 saturated heterocycles. The number of carbonyl (C=O) groups excluding carboxylic acids is 1. The second-order valence-electron chi connectivity index (χ2n) is 3.81. The van der Waals surface area contributed by atoms with Gasteiger partial charge in [0.1, 0.15) is 16.9 Å². The molecule has 0 atom stereocenters. The molecule has 0 unspecified atom stereocenters. The molecule has 0 radical (unpaired) electrons. The first-order chi connectivity index (χ1) is 9.67. The van der Waals surface area contributed by atoms with Gasteiger partial charge in [-0.3, -0.25) is 4.99 Å². The Kier molecular flexibility index (Phi) is 4.47. The number of hydrogen-bond donors (Lipinski definition) is 1. The Morgan fingerprint density at radius 1 is 1.60 bits per heavy atom. The minimum absolute atomic E-state index is 0.273. The van der Waals surface area contributed by atoms with E-state index in [-0.39, 0.29) is 11.8 Å². The summed E-state index contributed by atoms with van der Waals surface area (Å²) in [5.41, 5.74) is 0.829. The number of esters is 1. The third kappa shape index (κ3) is 2.85. The van der Waals surface area contributed by atoms with Crippen LogP contribution in [-0.4, -0.2) is 35.9 Å². The molecule has 0 aliphatic heterocycles. The highest BCUT2D eigenvalue weighted by molar-refractivity contribution is 6.33. The first kappa shape index (κ1) is 14.2. The predicted molar refractivity (Wildman–Crippen MR) is 78.5 cm³/mol. The smallest absolute Gasteiger partial charge is 0.341 e. The van der Waals surface area contributed by atoms with Crippen molar-refractivity contribution >= 4 is 40.6 Å². The zero-order chi connectivity index (χ0) is 14.5. The number of anilines is 1. The Labute approximate surface area is 120 Å². The summed E-state index contributed by atoms with van der Waals surface area (Å²) < 4.78 is 5.02. The van der Waals surface area contributed by atoms with Crippen LogP contribution in [0.25, 0.3) is 10.9 Å². The van der Waals surface area contributed by atoms with Gasteiger partial charge in [0.25, 0.3) is 0 Å². The van der Waals surface area contributed by atoms with Gasteiger partial charge in [0, 0.05) is 18.6 Å². The van der Waals surface area contributed by atoms with Gasteiger partial charge in [-0.05, 0) is 19.1 Å². The Morgan fingerprint density at radius 3 is 3.10 bits per heavy atom. The van der Waals surface area contributed by atoms with Crippen LogP contribution in [0, 0.1) is 0 Å². The highest BCUT2D eigenvalue weighted by atomic mass is 35.5. The number of nitrogens with one attached hydrogen (secondary N) is 1. The first-order valence-corrected chi connectivity index (χ1v) is 6.34. The quantitative estimate of drug-likeness (QED) is 0.405. The van der Waals surface area contributed by atoms with Crippen molar-refractivity contribution in [3.8, 4) is 0 Å². The van der Waals surface area contributed by atoms with Crippen molar-refractivity contribution in [1.29, 1.82) is 0 Å². The Morgan fingerprint density at radius 2 is 2.40 bits per heavy atom. The van der Waals surface area contributed by atoms with Crippen molar-refractivity contribution < 1.29 is 9.53 Å². The van der Waals surface area contributed by atoms with Gasteiger partial charge in [0.05, 0.1) is 12.9 Å². The number of aromatic nitrogens is 2. The summed E-state index contributed by atoms with van der Waals surface area (Å²) in [6.07, 6.45) is 2.99. The van der Waals surface area contributed by atoms with Crippen molar-refractivity contribution in [2.45, 2.75) is 6.92 Å². The lowest BCUT2D eigenvalue weighted by molar-refractivity contribution is 0.0527. The van der Waals surface area contributed by atoms with Crippen molar-refractivity contribution in [1.82, 2.24) is 9.97 Å². The first-order valence-electron chi connectivity index (χ1n) is 5.97. The predicted octanol–water partition coefficient (Wildman–Crippen LogP) is 2.53. The molecule has 0 fully saturated rings. The second-order valence-corrected chi connectivity index (χ2v) is 4.17. The van der Waals surface area contributed by atoms with E-state index in [4.69, 9.17) is 16.3 Å². The number of nitrogens with zero attached hydrogens (tertiary/aromatic N) is 3. The van der Waals surface area contributed by atoms with E-state index in [0.717, 1.165) is 0 Å². The number of hydrogen-bond acceptors (Lipinski definition) is 5. The molecule has 7 heteroatoms. The third-order valence-corrected chi connectivity index (χ3v) is 2.79. The van der Waals surface area contributed by atoms with Crippen LogP contribution in [0.3, 0.4) is 0 Å². The fourth-order valence-electron chi connectivity index (χ4n) is 1.67.